The summed E-state index contributed by atoms with van der Waals surface area (Å²) >= 11 is 0. The van der Waals surface area contributed by atoms with Crippen molar-refractivity contribution in [2.45, 2.75) is 6.42 Å². The van der Waals surface area contributed by atoms with Crippen LogP contribution in [0.1, 0.15) is 11.1 Å². The molecule has 1 rings (SSSR count). The van der Waals surface area contributed by atoms with Crippen LogP contribution in [0.2, 0.25) is 0 Å². The van der Waals surface area contributed by atoms with E-state index in [9.17, 15) is 9.18 Å². The molecule has 68 valence electrons. The molecule has 3 heteroatoms. The van der Waals surface area contributed by atoms with Crippen molar-refractivity contribution in [3.8, 4) is 0 Å². The largest absolute Gasteiger partial charge is 0.481 e. The molecule has 0 amide bonds. The number of carboxylic acids is 1. The van der Waals surface area contributed by atoms with Crippen molar-refractivity contribution >= 4 is 12.0 Å². The van der Waals surface area contributed by atoms with Gasteiger partial charge in [-0.25, -0.2) is 4.39 Å². The maximum atomic E-state index is 13.0. The predicted molar refractivity (Wildman–Crippen MR) is 47.8 cm³/mol. The van der Waals surface area contributed by atoms with Crippen LogP contribution in [0, 0.1) is 5.82 Å². The van der Waals surface area contributed by atoms with Gasteiger partial charge in [-0.2, -0.15) is 0 Å². The number of aliphatic carboxylic acids is 1. The minimum atomic E-state index is -0.967. The van der Waals surface area contributed by atoms with Gasteiger partial charge in [0, 0.05) is 5.56 Å². The van der Waals surface area contributed by atoms with Crippen LogP contribution in [0.3, 0.4) is 0 Å². The summed E-state index contributed by atoms with van der Waals surface area (Å²) in [6.45, 7) is 3.43. The lowest BCUT2D eigenvalue weighted by Gasteiger charge is -1.99. The molecule has 1 aromatic rings. The lowest BCUT2D eigenvalue weighted by molar-refractivity contribution is -0.136. The molecular formula is C10H9FO2. The standard InChI is InChI=1S/C10H9FO2/c1-2-8-4-3-7(5-9(8)11)6-10(12)13/h2-5H,1,6H2,(H,12,13). The Morgan fingerprint density at radius 1 is 1.62 bits per heavy atom. The molecule has 0 unspecified atom stereocenters. The molecule has 0 aliphatic carbocycles. The van der Waals surface area contributed by atoms with Crippen molar-refractivity contribution in [1.29, 1.82) is 0 Å². The van der Waals surface area contributed by atoms with Gasteiger partial charge in [-0.1, -0.05) is 24.8 Å². The number of carbonyl (C=O) groups is 1. The Morgan fingerprint density at radius 3 is 2.77 bits per heavy atom. The summed E-state index contributed by atoms with van der Waals surface area (Å²) in [5.41, 5.74) is 0.838. The Hall–Kier alpha value is -1.64. The third kappa shape index (κ3) is 2.40. The van der Waals surface area contributed by atoms with E-state index in [-0.39, 0.29) is 6.42 Å². The van der Waals surface area contributed by atoms with E-state index in [1.54, 1.807) is 6.07 Å². The topological polar surface area (TPSA) is 37.3 Å². The molecule has 1 aromatic carbocycles. The SMILES string of the molecule is C=Cc1ccc(CC(=O)O)cc1F. The fourth-order valence-corrected chi connectivity index (χ4v) is 1.02. The molecule has 0 aromatic heterocycles. The highest BCUT2D eigenvalue weighted by Crippen LogP contribution is 2.11. The summed E-state index contributed by atoms with van der Waals surface area (Å²) in [6, 6.07) is 4.31. The van der Waals surface area contributed by atoms with Crippen LogP contribution in [0.4, 0.5) is 4.39 Å². The van der Waals surface area contributed by atoms with E-state index >= 15 is 0 Å². The summed E-state index contributed by atoms with van der Waals surface area (Å²) in [4.78, 5) is 10.3. The van der Waals surface area contributed by atoms with E-state index in [1.807, 2.05) is 0 Å². The van der Waals surface area contributed by atoms with E-state index < -0.39 is 11.8 Å². The summed E-state index contributed by atoms with van der Waals surface area (Å²) in [5.74, 6) is -1.40. The highest BCUT2D eigenvalue weighted by molar-refractivity contribution is 5.70. The average Bonchev–Trinajstić information content (AvgIpc) is 2.03. The zero-order valence-corrected chi connectivity index (χ0v) is 6.96. The summed E-state index contributed by atoms with van der Waals surface area (Å²) in [7, 11) is 0. The quantitative estimate of drug-likeness (QED) is 0.773. The third-order valence-electron chi connectivity index (χ3n) is 1.64. The van der Waals surface area contributed by atoms with Crippen LogP contribution >= 0.6 is 0 Å². The van der Waals surface area contributed by atoms with Crippen molar-refractivity contribution in [1.82, 2.24) is 0 Å². The van der Waals surface area contributed by atoms with E-state index in [0.717, 1.165) is 0 Å². The van der Waals surface area contributed by atoms with E-state index in [1.165, 1.54) is 18.2 Å². The molecule has 0 saturated heterocycles. The van der Waals surface area contributed by atoms with Gasteiger partial charge in [0.05, 0.1) is 6.42 Å². The van der Waals surface area contributed by atoms with Crippen LogP contribution in [0.15, 0.2) is 24.8 Å². The lowest BCUT2D eigenvalue weighted by Crippen LogP contribution is -2.00. The summed E-state index contributed by atoms with van der Waals surface area (Å²) < 4.78 is 13.0. The Bertz CT molecular complexity index is 345. The van der Waals surface area contributed by atoms with Crippen LogP contribution in [0.25, 0.3) is 6.08 Å². The molecule has 13 heavy (non-hydrogen) atoms. The smallest absolute Gasteiger partial charge is 0.307 e. The minimum absolute atomic E-state index is 0.158. The van der Waals surface area contributed by atoms with Crippen LogP contribution in [-0.2, 0) is 11.2 Å². The van der Waals surface area contributed by atoms with Gasteiger partial charge in [-0.3, -0.25) is 4.79 Å². The van der Waals surface area contributed by atoms with Gasteiger partial charge in [0.1, 0.15) is 5.82 Å². The lowest BCUT2D eigenvalue weighted by atomic mass is 10.1. The van der Waals surface area contributed by atoms with Gasteiger partial charge in [-0.05, 0) is 11.6 Å². The number of rotatable bonds is 3. The zero-order chi connectivity index (χ0) is 9.84. The zero-order valence-electron chi connectivity index (χ0n) is 6.96. The molecular weight excluding hydrogens is 171 g/mol. The normalized spacial score (nSPS) is 9.62. The molecule has 2 nitrogen and oxygen atoms in total. The first kappa shape index (κ1) is 9.45. The van der Waals surface area contributed by atoms with Gasteiger partial charge < -0.3 is 5.11 Å². The van der Waals surface area contributed by atoms with Gasteiger partial charge in [-0.15, -0.1) is 0 Å². The minimum Gasteiger partial charge on any atom is -0.481 e. The second kappa shape index (κ2) is 3.85. The number of hydrogen-bond donors (Lipinski definition) is 1. The number of benzene rings is 1. The Kier molecular flexibility index (Phi) is 2.80. The first-order valence-corrected chi connectivity index (χ1v) is 3.76. The monoisotopic (exact) mass is 180 g/mol. The molecule has 1 N–H and O–H groups in total. The predicted octanol–water partition coefficient (Wildman–Crippen LogP) is 2.10. The van der Waals surface area contributed by atoms with Gasteiger partial charge in [0.2, 0.25) is 0 Å². The van der Waals surface area contributed by atoms with Crippen LogP contribution in [0.5, 0.6) is 0 Å². The highest BCUT2D eigenvalue weighted by atomic mass is 19.1. The van der Waals surface area contributed by atoms with Crippen molar-refractivity contribution < 1.29 is 14.3 Å². The molecule has 0 aliphatic heterocycles. The molecule has 0 bridgehead atoms. The maximum absolute atomic E-state index is 13.0. The molecule has 0 saturated carbocycles. The summed E-state index contributed by atoms with van der Waals surface area (Å²) in [5, 5.41) is 8.44. The molecule has 0 spiro atoms. The van der Waals surface area contributed by atoms with Gasteiger partial charge in [0.25, 0.3) is 0 Å². The first-order chi connectivity index (χ1) is 6.13. The van der Waals surface area contributed by atoms with Crippen molar-refractivity contribution in [3.63, 3.8) is 0 Å². The molecule has 0 aliphatic rings. The van der Waals surface area contributed by atoms with Crippen LogP contribution < -0.4 is 0 Å². The third-order valence-corrected chi connectivity index (χ3v) is 1.64. The van der Waals surface area contributed by atoms with E-state index in [0.29, 0.717) is 11.1 Å². The molecule has 0 atom stereocenters. The fraction of sp³-hybridized carbons (Fsp3) is 0.100. The van der Waals surface area contributed by atoms with Crippen LogP contribution in [-0.4, -0.2) is 11.1 Å². The summed E-state index contributed by atoms with van der Waals surface area (Å²) in [6.07, 6.45) is 1.23. The van der Waals surface area contributed by atoms with E-state index in [4.69, 9.17) is 5.11 Å². The van der Waals surface area contributed by atoms with E-state index in [2.05, 4.69) is 6.58 Å². The average molecular weight is 180 g/mol. The second-order valence-corrected chi connectivity index (χ2v) is 2.63. The maximum Gasteiger partial charge on any atom is 0.307 e. The molecule has 0 heterocycles. The van der Waals surface area contributed by atoms with Crippen molar-refractivity contribution in [3.05, 3.63) is 41.7 Å². The van der Waals surface area contributed by atoms with Gasteiger partial charge >= 0.3 is 5.97 Å². The molecule has 0 radical (unpaired) electrons. The first-order valence-electron chi connectivity index (χ1n) is 3.76. The Balaban J connectivity index is 2.95. The Labute approximate surface area is 75.3 Å². The number of hydrogen-bond acceptors (Lipinski definition) is 1. The van der Waals surface area contributed by atoms with Crippen molar-refractivity contribution in [2.75, 3.05) is 0 Å². The number of carboxylic acid groups (broad SMARTS) is 1. The fourth-order valence-electron chi connectivity index (χ4n) is 1.02. The second-order valence-electron chi connectivity index (χ2n) is 2.63. The van der Waals surface area contributed by atoms with Crippen molar-refractivity contribution in [2.24, 2.45) is 0 Å². The highest BCUT2D eigenvalue weighted by Gasteiger charge is 2.03. The van der Waals surface area contributed by atoms with Gasteiger partial charge in [0.15, 0.2) is 0 Å². The molecule has 0 fully saturated rings. The Morgan fingerprint density at radius 2 is 2.31 bits per heavy atom. The number of halogens is 1.